The summed E-state index contributed by atoms with van der Waals surface area (Å²) in [6, 6.07) is 0. The van der Waals surface area contributed by atoms with Crippen LogP contribution in [0.25, 0.3) is 0 Å². The van der Waals surface area contributed by atoms with Gasteiger partial charge in [-0.25, -0.2) is 0 Å². The molecule has 88 valence electrons. The van der Waals surface area contributed by atoms with Gasteiger partial charge < -0.3 is 13.3 Å². The highest BCUT2D eigenvalue weighted by Gasteiger charge is 2.31. The normalized spacial score (nSPS) is 11.5. The van der Waals surface area contributed by atoms with E-state index in [-0.39, 0.29) is 5.78 Å². The number of Topliss-reactive ketones (excluding diaryl/α,β-unsaturated/α-hetero) is 1. The second-order valence-electron chi connectivity index (χ2n) is 3.43. The summed E-state index contributed by atoms with van der Waals surface area (Å²) in [4.78, 5) is 11.2. The van der Waals surface area contributed by atoms with Crippen LogP contribution in [0.4, 0.5) is 0 Å². The van der Waals surface area contributed by atoms with E-state index in [9.17, 15) is 4.79 Å². The fourth-order valence-electron chi connectivity index (χ4n) is 0.905. The SMILES string of the molecule is C=C(C)C(=O)CCCO[Si](C)(OC)OC. The molecule has 0 heterocycles. The standard InChI is InChI=1S/C10H20O4Si/c1-9(2)10(11)7-6-8-14-15(5,12-3)13-4/h1,6-8H2,2-5H3. The lowest BCUT2D eigenvalue weighted by Gasteiger charge is -2.21. The second kappa shape index (κ2) is 6.89. The molecule has 0 amide bonds. The molecule has 4 nitrogen and oxygen atoms in total. The number of allylic oxidation sites excluding steroid dienone is 1. The Labute approximate surface area is 92.6 Å². The van der Waals surface area contributed by atoms with Gasteiger partial charge in [-0.05, 0) is 18.9 Å². The first kappa shape index (κ1) is 14.5. The van der Waals surface area contributed by atoms with Crippen molar-refractivity contribution in [3.63, 3.8) is 0 Å². The van der Waals surface area contributed by atoms with Crippen LogP contribution in [0, 0.1) is 0 Å². The van der Waals surface area contributed by atoms with Gasteiger partial charge in [0.15, 0.2) is 5.78 Å². The van der Waals surface area contributed by atoms with Crippen LogP contribution in [0.5, 0.6) is 0 Å². The third kappa shape index (κ3) is 5.84. The summed E-state index contributed by atoms with van der Waals surface area (Å²) in [6.45, 7) is 7.59. The first-order valence-electron chi connectivity index (χ1n) is 4.88. The molecule has 0 radical (unpaired) electrons. The van der Waals surface area contributed by atoms with Crippen molar-refractivity contribution in [2.75, 3.05) is 20.8 Å². The number of hydrogen-bond acceptors (Lipinski definition) is 4. The molecule has 0 aromatic heterocycles. The maximum absolute atomic E-state index is 11.2. The summed E-state index contributed by atoms with van der Waals surface area (Å²) < 4.78 is 15.7. The van der Waals surface area contributed by atoms with Crippen molar-refractivity contribution in [1.29, 1.82) is 0 Å². The van der Waals surface area contributed by atoms with Gasteiger partial charge in [-0.3, -0.25) is 4.79 Å². The number of carbonyl (C=O) groups excluding carboxylic acids is 1. The topological polar surface area (TPSA) is 44.8 Å². The monoisotopic (exact) mass is 232 g/mol. The van der Waals surface area contributed by atoms with Crippen LogP contribution in [0.3, 0.4) is 0 Å². The Balaban J connectivity index is 3.71. The highest BCUT2D eigenvalue weighted by molar-refractivity contribution is 6.59. The second-order valence-corrected chi connectivity index (χ2v) is 6.26. The van der Waals surface area contributed by atoms with E-state index in [2.05, 4.69) is 6.58 Å². The molecule has 0 aliphatic heterocycles. The first-order valence-corrected chi connectivity index (χ1v) is 7.10. The van der Waals surface area contributed by atoms with Gasteiger partial charge in [0.25, 0.3) is 0 Å². The summed E-state index contributed by atoms with van der Waals surface area (Å²) in [5.41, 5.74) is 0.591. The van der Waals surface area contributed by atoms with Crippen LogP contribution in [0.2, 0.25) is 6.55 Å². The highest BCUT2D eigenvalue weighted by atomic mass is 28.4. The number of hydrogen-bond donors (Lipinski definition) is 0. The minimum Gasteiger partial charge on any atom is -0.377 e. The van der Waals surface area contributed by atoms with Gasteiger partial charge in [0.1, 0.15) is 0 Å². The lowest BCUT2D eigenvalue weighted by Crippen LogP contribution is -2.40. The van der Waals surface area contributed by atoms with Crippen LogP contribution in [0.1, 0.15) is 19.8 Å². The maximum atomic E-state index is 11.2. The van der Waals surface area contributed by atoms with Crippen LogP contribution in [0.15, 0.2) is 12.2 Å². The molecule has 0 bridgehead atoms. The molecule has 0 atom stereocenters. The number of rotatable bonds is 8. The van der Waals surface area contributed by atoms with Gasteiger partial charge in [-0.15, -0.1) is 0 Å². The molecular formula is C10H20O4Si. The molecule has 0 N–H and O–H groups in total. The first-order chi connectivity index (χ1) is 6.95. The van der Waals surface area contributed by atoms with Crippen LogP contribution >= 0.6 is 0 Å². The predicted molar refractivity (Wildman–Crippen MR) is 60.6 cm³/mol. The molecule has 0 saturated carbocycles. The molecule has 0 fully saturated rings. The predicted octanol–water partition coefficient (Wildman–Crippen LogP) is 1.79. The Kier molecular flexibility index (Phi) is 6.67. The van der Waals surface area contributed by atoms with Crippen molar-refractivity contribution >= 4 is 14.6 Å². The van der Waals surface area contributed by atoms with Crippen molar-refractivity contribution in [1.82, 2.24) is 0 Å². The van der Waals surface area contributed by atoms with Crippen molar-refractivity contribution in [2.45, 2.75) is 26.3 Å². The van der Waals surface area contributed by atoms with E-state index in [0.29, 0.717) is 25.0 Å². The Hall–Kier alpha value is -0.493. The molecule has 0 rings (SSSR count). The van der Waals surface area contributed by atoms with Crippen LogP contribution in [-0.2, 0) is 18.1 Å². The van der Waals surface area contributed by atoms with Gasteiger partial charge in [0, 0.05) is 33.8 Å². The molecule has 0 aliphatic rings. The molecule has 0 aromatic carbocycles. The lowest BCUT2D eigenvalue weighted by molar-refractivity contribution is -0.115. The van der Waals surface area contributed by atoms with E-state index in [4.69, 9.17) is 13.3 Å². The lowest BCUT2D eigenvalue weighted by atomic mass is 10.1. The van der Waals surface area contributed by atoms with E-state index in [1.807, 2.05) is 6.55 Å². The molecule has 0 saturated heterocycles. The molecule has 15 heavy (non-hydrogen) atoms. The van der Waals surface area contributed by atoms with Crippen molar-refractivity contribution in [3.8, 4) is 0 Å². The zero-order valence-electron chi connectivity index (χ0n) is 9.96. The number of carbonyl (C=O) groups is 1. The fraction of sp³-hybridized carbons (Fsp3) is 0.700. The third-order valence-electron chi connectivity index (χ3n) is 2.13. The summed E-state index contributed by atoms with van der Waals surface area (Å²) in [5, 5.41) is 0. The zero-order valence-corrected chi connectivity index (χ0v) is 11.0. The Bertz CT molecular complexity index is 223. The van der Waals surface area contributed by atoms with Gasteiger partial charge in [-0.2, -0.15) is 0 Å². The Morgan fingerprint density at radius 2 is 1.87 bits per heavy atom. The average molecular weight is 232 g/mol. The zero-order chi connectivity index (χ0) is 11.9. The molecule has 0 aromatic rings. The van der Waals surface area contributed by atoms with Crippen LogP contribution in [-0.4, -0.2) is 35.4 Å². The van der Waals surface area contributed by atoms with Crippen molar-refractivity contribution in [2.24, 2.45) is 0 Å². The Morgan fingerprint density at radius 3 is 2.27 bits per heavy atom. The minimum absolute atomic E-state index is 0.0804. The molecular weight excluding hydrogens is 212 g/mol. The van der Waals surface area contributed by atoms with Gasteiger partial charge in [0.2, 0.25) is 0 Å². The van der Waals surface area contributed by atoms with Crippen molar-refractivity contribution in [3.05, 3.63) is 12.2 Å². The maximum Gasteiger partial charge on any atom is 0.497 e. The van der Waals surface area contributed by atoms with E-state index in [1.54, 1.807) is 21.1 Å². The van der Waals surface area contributed by atoms with E-state index in [1.165, 1.54) is 0 Å². The highest BCUT2D eigenvalue weighted by Crippen LogP contribution is 2.08. The van der Waals surface area contributed by atoms with E-state index >= 15 is 0 Å². The Morgan fingerprint density at radius 1 is 1.33 bits per heavy atom. The summed E-state index contributed by atoms with van der Waals surface area (Å²) in [5.74, 6) is 0.0804. The smallest absolute Gasteiger partial charge is 0.377 e. The quantitative estimate of drug-likeness (QED) is 0.363. The average Bonchev–Trinajstić information content (AvgIpc) is 2.23. The van der Waals surface area contributed by atoms with Crippen LogP contribution < -0.4 is 0 Å². The molecule has 0 aliphatic carbocycles. The van der Waals surface area contributed by atoms with Gasteiger partial charge in [-0.1, -0.05) is 6.58 Å². The van der Waals surface area contributed by atoms with Crippen molar-refractivity contribution < 1.29 is 18.1 Å². The molecule has 5 heteroatoms. The molecule has 0 unspecified atom stereocenters. The van der Waals surface area contributed by atoms with Gasteiger partial charge in [0.05, 0.1) is 0 Å². The van der Waals surface area contributed by atoms with E-state index < -0.39 is 8.80 Å². The minimum atomic E-state index is -2.43. The number of ketones is 1. The summed E-state index contributed by atoms with van der Waals surface area (Å²) >= 11 is 0. The largest absolute Gasteiger partial charge is 0.497 e. The van der Waals surface area contributed by atoms with Gasteiger partial charge >= 0.3 is 8.80 Å². The fourth-order valence-corrected chi connectivity index (χ4v) is 1.82. The molecule has 0 spiro atoms. The summed E-state index contributed by atoms with van der Waals surface area (Å²) in [7, 11) is 0.698. The third-order valence-corrected chi connectivity index (χ3v) is 4.34. The van der Waals surface area contributed by atoms with E-state index in [0.717, 1.165) is 0 Å². The summed E-state index contributed by atoms with van der Waals surface area (Å²) in [6.07, 6.45) is 1.13.